The van der Waals surface area contributed by atoms with E-state index in [9.17, 15) is 4.79 Å². The summed E-state index contributed by atoms with van der Waals surface area (Å²) < 4.78 is 5.69. The molecule has 1 aromatic carbocycles. The van der Waals surface area contributed by atoms with Gasteiger partial charge in [0.1, 0.15) is 16.5 Å². The number of nitrogens with zero attached hydrogens (tertiary/aromatic N) is 2. The van der Waals surface area contributed by atoms with E-state index in [-0.39, 0.29) is 5.91 Å². The largest absolute Gasteiger partial charge is 0.461 e. The van der Waals surface area contributed by atoms with Gasteiger partial charge in [-0.2, -0.15) is 0 Å². The zero-order valence-corrected chi connectivity index (χ0v) is 15.2. The average molecular weight is 382 g/mol. The maximum Gasteiger partial charge on any atom is 0.261 e. The molecule has 1 amide bonds. The summed E-state index contributed by atoms with van der Waals surface area (Å²) >= 11 is 13.4. The van der Waals surface area contributed by atoms with Gasteiger partial charge in [-0.05, 0) is 37.6 Å². The van der Waals surface area contributed by atoms with Crippen LogP contribution in [0.3, 0.4) is 0 Å². The molecule has 3 rings (SSSR count). The molecule has 0 spiro atoms. The van der Waals surface area contributed by atoms with E-state index in [4.69, 9.17) is 27.6 Å². The number of benzene rings is 1. The van der Waals surface area contributed by atoms with Crippen molar-refractivity contribution in [3.63, 3.8) is 0 Å². The van der Waals surface area contributed by atoms with E-state index in [1.807, 2.05) is 6.92 Å². The number of hydrogen-bond donors (Lipinski definition) is 1. The molecule has 2 aromatic heterocycles. The van der Waals surface area contributed by atoms with E-state index in [0.29, 0.717) is 37.8 Å². The molecular formula is C16H13Cl2N3O2S. The number of anilines is 1. The molecule has 0 radical (unpaired) electrons. The third-order valence-electron chi connectivity index (χ3n) is 3.30. The third-order valence-corrected chi connectivity index (χ3v) is 4.72. The van der Waals surface area contributed by atoms with Gasteiger partial charge < -0.3 is 4.42 Å². The zero-order chi connectivity index (χ0) is 17.3. The maximum atomic E-state index is 12.4. The second-order valence-corrected chi connectivity index (χ2v) is 6.98. The monoisotopic (exact) mass is 381 g/mol. The Labute approximate surface area is 152 Å². The lowest BCUT2D eigenvalue weighted by molar-refractivity contribution is 0.102. The van der Waals surface area contributed by atoms with Crippen LogP contribution >= 0.6 is 34.5 Å². The minimum atomic E-state index is -0.297. The molecule has 0 saturated heterocycles. The first-order chi connectivity index (χ1) is 11.5. The number of furan rings is 1. The SMILES string of the molecule is CCc1nnc(NC(=O)c2cc(-c3cc(Cl)cc(Cl)c3)oc2C)s1. The van der Waals surface area contributed by atoms with Crippen molar-refractivity contribution >= 4 is 45.6 Å². The van der Waals surface area contributed by atoms with Crippen molar-refractivity contribution in [2.24, 2.45) is 0 Å². The molecule has 124 valence electrons. The van der Waals surface area contributed by atoms with Gasteiger partial charge in [-0.15, -0.1) is 10.2 Å². The summed E-state index contributed by atoms with van der Waals surface area (Å²) in [6, 6.07) is 6.75. The minimum absolute atomic E-state index is 0.297. The number of nitrogens with one attached hydrogen (secondary N) is 1. The number of aryl methyl sites for hydroxylation is 2. The Morgan fingerprint density at radius 3 is 2.54 bits per heavy atom. The lowest BCUT2D eigenvalue weighted by Crippen LogP contribution is -2.11. The van der Waals surface area contributed by atoms with Crippen LogP contribution in [0.2, 0.25) is 10.0 Å². The summed E-state index contributed by atoms with van der Waals surface area (Å²) in [5, 5.41) is 13.0. The van der Waals surface area contributed by atoms with E-state index in [1.54, 1.807) is 31.2 Å². The van der Waals surface area contributed by atoms with Crippen molar-refractivity contribution in [1.82, 2.24) is 10.2 Å². The third kappa shape index (κ3) is 3.61. The summed E-state index contributed by atoms with van der Waals surface area (Å²) in [4.78, 5) is 12.4. The number of aromatic nitrogens is 2. The lowest BCUT2D eigenvalue weighted by Gasteiger charge is -1.99. The van der Waals surface area contributed by atoms with Crippen molar-refractivity contribution in [2.75, 3.05) is 5.32 Å². The van der Waals surface area contributed by atoms with Crippen molar-refractivity contribution in [1.29, 1.82) is 0 Å². The molecule has 0 aliphatic heterocycles. The highest BCUT2D eigenvalue weighted by Crippen LogP contribution is 2.30. The van der Waals surface area contributed by atoms with Crippen molar-refractivity contribution in [3.8, 4) is 11.3 Å². The van der Waals surface area contributed by atoms with Gasteiger partial charge in [0.2, 0.25) is 5.13 Å². The molecule has 0 unspecified atom stereocenters. The second kappa shape index (κ2) is 6.93. The van der Waals surface area contributed by atoms with E-state index in [2.05, 4.69) is 15.5 Å². The summed E-state index contributed by atoms with van der Waals surface area (Å²) in [6.45, 7) is 3.71. The molecule has 1 N–H and O–H groups in total. The van der Waals surface area contributed by atoms with Gasteiger partial charge in [0.15, 0.2) is 0 Å². The van der Waals surface area contributed by atoms with Crippen LogP contribution < -0.4 is 5.32 Å². The van der Waals surface area contributed by atoms with Gasteiger partial charge in [-0.3, -0.25) is 10.1 Å². The van der Waals surface area contributed by atoms with E-state index in [1.165, 1.54) is 11.3 Å². The first kappa shape index (κ1) is 17.0. The molecule has 0 aliphatic carbocycles. The normalized spacial score (nSPS) is 10.8. The average Bonchev–Trinajstić information content (AvgIpc) is 3.12. The molecule has 24 heavy (non-hydrogen) atoms. The van der Waals surface area contributed by atoms with Crippen LogP contribution in [-0.4, -0.2) is 16.1 Å². The molecule has 2 heterocycles. The zero-order valence-electron chi connectivity index (χ0n) is 12.9. The predicted octanol–water partition coefficient (Wildman–Crippen LogP) is 5.23. The summed E-state index contributed by atoms with van der Waals surface area (Å²) in [7, 11) is 0. The Morgan fingerprint density at radius 1 is 1.21 bits per heavy atom. The van der Waals surface area contributed by atoms with Crippen molar-refractivity contribution in [2.45, 2.75) is 20.3 Å². The van der Waals surface area contributed by atoms with Crippen molar-refractivity contribution < 1.29 is 9.21 Å². The van der Waals surface area contributed by atoms with E-state index < -0.39 is 0 Å². The summed E-state index contributed by atoms with van der Waals surface area (Å²) in [5.74, 6) is 0.724. The molecular weight excluding hydrogens is 369 g/mol. The van der Waals surface area contributed by atoms with Gasteiger partial charge in [0.05, 0.1) is 5.56 Å². The Balaban J connectivity index is 1.86. The first-order valence-corrected chi connectivity index (χ1v) is 8.74. The Morgan fingerprint density at radius 2 is 1.92 bits per heavy atom. The van der Waals surface area contributed by atoms with Gasteiger partial charge >= 0.3 is 0 Å². The highest BCUT2D eigenvalue weighted by atomic mass is 35.5. The number of amides is 1. The van der Waals surface area contributed by atoms with Gasteiger partial charge in [-0.1, -0.05) is 41.5 Å². The highest BCUT2D eigenvalue weighted by Gasteiger charge is 2.18. The molecule has 0 atom stereocenters. The van der Waals surface area contributed by atoms with E-state index in [0.717, 1.165) is 11.4 Å². The number of carbonyl (C=O) groups excluding carboxylic acids is 1. The molecule has 0 saturated carbocycles. The Hall–Kier alpha value is -1.89. The minimum Gasteiger partial charge on any atom is -0.461 e. The fraction of sp³-hybridized carbons (Fsp3) is 0.188. The second-order valence-electron chi connectivity index (χ2n) is 5.05. The highest BCUT2D eigenvalue weighted by molar-refractivity contribution is 7.15. The Kier molecular flexibility index (Phi) is 4.89. The molecule has 3 aromatic rings. The van der Waals surface area contributed by atoms with Gasteiger partial charge in [0, 0.05) is 15.6 Å². The fourth-order valence-electron chi connectivity index (χ4n) is 2.16. The molecule has 5 nitrogen and oxygen atoms in total. The molecule has 0 bridgehead atoms. The van der Waals surface area contributed by atoms with Crippen LogP contribution in [-0.2, 0) is 6.42 Å². The number of rotatable bonds is 4. The van der Waals surface area contributed by atoms with Gasteiger partial charge in [0.25, 0.3) is 5.91 Å². The Bertz CT molecular complexity index is 884. The number of carbonyl (C=O) groups is 1. The summed E-state index contributed by atoms with van der Waals surface area (Å²) in [5.41, 5.74) is 1.13. The van der Waals surface area contributed by atoms with Crippen LogP contribution in [0.25, 0.3) is 11.3 Å². The predicted molar refractivity (Wildman–Crippen MR) is 96.1 cm³/mol. The van der Waals surface area contributed by atoms with Crippen LogP contribution in [0.1, 0.15) is 28.0 Å². The van der Waals surface area contributed by atoms with Crippen LogP contribution in [0, 0.1) is 6.92 Å². The lowest BCUT2D eigenvalue weighted by atomic mass is 10.1. The topological polar surface area (TPSA) is 68.0 Å². The van der Waals surface area contributed by atoms with E-state index >= 15 is 0 Å². The maximum absolute atomic E-state index is 12.4. The van der Waals surface area contributed by atoms with Crippen molar-refractivity contribution in [3.05, 3.63) is 50.6 Å². The van der Waals surface area contributed by atoms with Crippen LogP contribution in [0.15, 0.2) is 28.7 Å². The first-order valence-electron chi connectivity index (χ1n) is 7.17. The molecule has 0 aliphatic rings. The standard InChI is InChI=1S/C16H13Cl2N3O2S/c1-3-14-20-21-16(24-14)19-15(22)12-7-13(23-8(12)2)9-4-10(17)6-11(18)5-9/h4-7H,3H2,1-2H3,(H,19,21,22). The molecule has 8 heteroatoms. The fourth-order valence-corrected chi connectivity index (χ4v) is 3.36. The van der Waals surface area contributed by atoms with Crippen LogP contribution in [0.4, 0.5) is 5.13 Å². The summed E-state index contributed by atoms with van der Waals surface area (Å²) in [6.07, 6.45) is 0.776. The quantitative estimate of drug-likeness (QED) is 0.671. The smallest absolute Gasteiger partial charge is 0.261 e. The number of halogens is 2. The molecule has 0 fully saturated rings. The van der Waals surface area contributed by atoms with Crippen LogP contribution in [0.5, 0.6) is 0 Å². The van der Waals surface area contributed by atoms with Gasteiger partial charge in [-0.25, -0.2) is 0 Å². The number of hydrogen-bond acceptors (Lipinski definition) is 5.